The molecule has 0 spiro atoms. The van der Waals surface area contributed by atoms with Gasteiger partial charge < -0.3 is 26.7 Å². The van der Waals surface area contributed by atoms with Crippen molar-refractivity contribution in [2.45, 2.75) is 101 Å². The highest BCUT2D eigenvalue weighted by Gasteiger charge is 2.33. The topological polar surface area (TPSA) is 52.6 Å². The van der Waals surface area contributed by atoms with Crippen LogP contribution in [0.5, 0.6) is 0 Å². The second-order valence-corrected chi connectivity index (χ2v) is 16.5. The van der Waals surface area contributed by atoms with Gasteiger partial charge in [-0.3, -0.25) is 9.59 Å². The summed E-state index contributed by atoms with van der Waals surface area (Å²) in [6.07, 6.45) is 4.78. The maximum atomic E-state index is 11.3. The minimum atomic E-state index is -6.00. The van der Waals surface area contributed by atoms with Gasteiger partial charge in [-0.2, -0.15) is 11.8 Å². The van der Waals surface area contributed by atoms with E-state index < -0.39 is 7.25 Å². The van der Waals surface area contributed by atoms with Crippen molar-refractivity contribution in [3.05, 3.63) is 71.8 Å². The molecule has 46 heavy (non-hydrogen) atoms. The first-order valence-electron chi connectivity index (χ1n) is 15.7. The summed E-state index contributed by atoms with van der Waals surface area (Å²) >= 11 is 5.59. The molecule has 2 aromatic carbocycles. The number of alkyl halides is 1. The maximum Gasteiger partial charge on any atom is 0.673 e. The number of benzene rings is 2. The van der Waals surface area contributed by atoms with Crippen LogP contribution in [0.3, 0.4) is 0 Å². The first-order chi connectivity index (χ1) is 21.6. The van der Waals surface area contributed by atoms with Gasteiger partial charge in [0.1, 0.15) is 16.3 Å². The molecule has 2 aromatic rings. The zero-order valence-electron chi connectivity index (χ0n) is 28.7. The van der Waals surface area contributed by atoms with Gasteiger partial charge in [-0.15, -0.1) is 0 Å². The number of carbonyl (C=O) groups is 2. The molecule has 0 aromatic heterocycles. The van der Waals surface area contributed by atoms with Crippen LogP contribution in [0.25, 0.3) is 0 Å². The van der Waals surface area contributed by atoms with E-state index in [4.69, 9.17) is 4.74 Å². The second kappa shape index (κ2) is 28.4. The molecule has 0 radical (unpaired) electrons. The highest BCUT2D eigenvalue weighted by molar-refractivity contribution is 9.09. The largest absolute Gasteiger partial charge is 0.673 e. The third-order valence-corrected chi connectivity index (χ3v) is 11.4. The summed E-state index contributed by atoms with van der Waals surface area (Å²) in [5.74, 6) is 2.22. The van der Waals surface area contributed by atoms with Crippen LogP contribution < -0.4 is 0 Å². The Morgan fingerprint density at radius 1 is 0.783 bits per heavy atom. The molecule has 0 amide bonds. The highest BCUT2D eigenvalue weighted by atomic mass is 79.9. The first-order valence-corrected chi connectivity index (χ1v) is 19.1. The van der Waals surface area contributed by atoms with E-state index in [1.807, 2.05) is 30.0 Å². The SMILES string of the molecule is CCSC(C)C.CC[S+](C(C)C)C(CCCC(=O)OC)c1ccccc1.COC(=O)CCCC(Br)c1ccccc1.F[B-](F)(F)F. The van der Waals surface area contributed by atoms with Crippen molar-refractivity contribution in [2.75, 3.05) is 25.7 Å². The molecule has 0 N–H and O–H groups in total. The standard InChI is InChI=1S/C17H27O2S.C12H15BrO2.C5H12S.BF4/c1-5-20(14(2)3)16(12-9-13-17(18)19-4)15-10-7-6-8-11-15;1-15-12(14)9-5-8-11(13)10-6-3-2-4-7-10;1-4-6-5(2)3;2-1(3,4)5/h6-8,10-11,14,16H,5,9,12-13H2,1-4H3;2-4,6-7,11H,5,8-9H2,1H3;5H,4H2,1-3H3;/q+1;;;-1. The molecule has 2 rings (SSSR count). The Balaban J connectivity index is 0. The lowest BCUT2D eigenvalue weighted by Gasteiger charge is -2.21. The summed E-state index contributed by atoms with van der Waals surface area (Å²) in [6, 6.07) is 20.9. The Kier molecular flexibility index (Phi) is 28.7. The van der Waals surface area contributed by atoms with Crippen molar-refractivity contribution in [3.8, 4) is 0 Å². The van der Waals surface area contributed by atoms with Crippen LogP contribution >= 0.6 is 27.7 Å². The van der Waals surface area contributed by atoms with Crippen molar-refractivity contribution >= 4 is 57.8 Å². The van der Waals surface area contributed by atoms with E-state index in [0.717, 1.165) is 30.9 Å². The summed E-state index contributed by atoms with van der Waals surface area (Å²) in [5.41, 5.74) is 2.67. The van der Waals surface area contributed by atoms with Gasteiger partial charge in [0.2, 0.25) is 0 Å². The van der Waals surface area contributed by atoms with Crippen LogP contribution in [-0.2, 0) is 30.0 Å². The molecule has 264 valence electrons. The average Bonchev–Trinajstić information content (AvgIpc) is 3.00. The average molecular weight is 758 g/mol. The molecule has 0 bridgehead atoms. The number of hydrogen-bond donors (Lipinski definition) is 0. The van der Waals surface area contributed by atoms with Gasteiger partial charge in [0, 0.05) is 23.2 Å². The van der Waals surface area contributed by atoms with Gasteiger partial charge >= 0.3 is 19.2 Å². The minimum Gasteiger partial charge on any atom is -0.469 e. The third kappa shape index (κ3) is 27.5. The van der Waals surface area contributed by atoms with E-state index >= 15 is 0 Å². The van der Waals surface area contributed by atoms with Crippen LogP contribution in [-0.4, -0.2) is 55.4 Å². The zero-order valence-corrected chi connectivity index (χ0v) is 31.9. The van der Waals surface area contributed by atoms with E-state index in [0.29, 0.717) is 39.1 Å². The Morgan fingerprint density at radius 3 is 1.52 bits per heavy atom. The quantitative estimate of drug-likeness (QED) is 0.0595. The van der Waals surface area contributed by atoms with Gasteiger partial charge in [0.25, 0.3) is 0 Å². The Labute approximate surface area is 291 Å². The van der Waals surface area contributed by atoms with Gasteiger partial charge in [-0.05, 0) is 73.9 Å². The van der Waals surface area contributed by atoms with Crippen molar-refractivity contribution in [1.29, 1.82) is 0 Å². The summed E-state index contributed by atoms with van der Waals surface area (Å²) < 4.78 is 48.3. The summed E-state index contributed by atoms with van der Waals surface area (Å²) in [4.78, 5) is 22.5. The molecule has 12 heteroatoms. The van der Waals surface area contributed by atoms with E-state index in [2.05, 4.69) is 105 Å². The molecular formula is C34H54BBrF4O4S2. The predicted octanol–water partition coefficient (Wildman–Crippen LogP) is 11.0. The third-order valence-electron chi connectivity index (χ3n) is 6.28. The molecule has 0 aliphatic heterocycles. The van der Waals surface area contributed by atoms with E-state index in [-0.39, 0.29) is 11.9 Å². The van der Waals surface area contributed by atoms with Crippen LogP contribution in [0, 0.1) is 0 Å². The van der Waals surface area contributed by atoms with Gasteiger partial charge in [0.15, 0.2) is 0 Å². The number of ether oxygens (including phenoxy) is 2. The predicted molar refractivity (Wildman–Crippen MR) is 196 cm³/mol. The molecular weight excluding hydrogens is 703 g/mol. The molecule has 3 unspecified atom stereocenters. The number of rotatable bonds is 15. The van der Waals surface area contributed by atoms with Crippen molar-refractivity contribution in [2.24, 2.45) is 0 Å². The molecule has 0 aliphatic rings. The normalized spacial score (nSPS) is 12.7. The molecule has 0 saturated heterocycles. The Morgan fingerprint density at radius 2 is 1.20 bits per heavy atom. The van der Waals surface area contributed by atoms with E-state index in [1.165, 1.54) is 36.9 Å². The summed E-state index contributed by atoms with van der Waals surface area (Å²) in [5, 5.41) is 2.06. The van der Waals surface area contributed by atoms with Gasteiger partial charge in [-0.1, -0.05) is 97.4 Å². The fourth-order valence-electron chi connectivity index (χ4n) is 4.25. The number of carbonyl (C=O) groups excluding carboxylic acids is 2. The summed E-state index contributed by atoms with van der Waals surface area (Å²) in [7, 11) is -2.76. The van der Waals surface area contributed by atoms with Crippen molar-refractivity contribution < 1.29 is 36.3 Å². The van der Waals surface area contributed by atoms with Crippen molar-refractivity contribution in [3.63, 3.8) is 0 Å². The number of esters is 2. The monoisotopic (exact) mass is 756 g/mol. The van der Waals surface area contributed by atoms with Gasteiger partial charge in [-0.25, -0.2) is 0 Å². The molecule has 0 saturated carbocycles. The lowest BCUT2D eigenvalue weighted by atomic mass is 10.1. The van der Waals surface area contributed by atoms with E-state index in [9.17, 15) is 26.9 Å². The number of thioether (sulfide) groups is 1. The molecule has 0 aliphatic carbocycles. The number of methoxy groups -OCH3 is 2. The smallest absolute Gasteiger partial charge is 0.469 e. The number of halogens is 5. The number of hydrogen-bond acceptors (Lipinski definition) is 5. The fraction of sp³-hybridized carbons (Fsp3) is 0.588. The van der Waals surface area contributed by atoms with E-state index in [1.54, 1.807) is 0 Å². The lowest BCUT2D eigenvalue weighted by Crippen LogP contribution is -2.25. The molecule has 3 atom stereocenters. The van der Waals surface area contributed by atoms with Crippen LogP contribution in [0.1, 0.15) is 101 Å². The van der Waals surface area contributed by atoms with Crippen molar-refractivity contribution in [1.82, 2.24) is 0 Å². The first kappa shape index (κ1) is 46.5. The minimum absolute atomic E-state index is 0.0993. The highest BCUT2D eigenvalue weighted by Crippen LogP contribution is 2.33. The van der Waals surface area contributed by atoms with Gasteiger partial charge in [0.05, 0.1) is 14.2 Å². The Hall–Kier alpha value is -1.66. The molecule has 4 nitrogen and oxygen atoms in total. The van der Waals surface area contributed by atoms with Crippen LogP contribution in [0.15, 0.2) is 60.7 Å². The van der Waals surface area contributed by atoms with Crippen LogP contribution in [0.2, 0.25) is 0 Å². The second-order valence-electron chi connectivity index (χ2n) is 10.5. The maximum absolute atomic E-state index is 11.3. The van der Waals surface area contributed by atoms with Crippen LogP contribution in [0.4, 0.5) is 17.3 Å². The molecule has 0 fully saturated rings. The lowest BCUT2D eigenvalue weighted by molar-refractivity contribution is -0.141. The Bertz CT molecular complexity index is 1010. The fourth-order valence-corrected chi connectivity index (χ4v) is 8.24. The molecule has 0 heterocycles. The zero-order chi connectivity index (χ0) is 35.5. The summed E-state index contributed by atoms with van der Waals surface area (Å²) in [6.45, 7) is 13.5.